The van der Waals surface area contributed by atoms with Gasteiger partial charge in [0, 0.05) is 50.5 Å². The van der Waals surface area contributed by atoms with Crippen molar-refractivity contribution in [2.75, 3.05) is 39.4 Å². The molecule has 194 valence electrons. The third kappa shape index (κ3) is 5.84. The van der Waals surface area contributed by atoms with Gasteiger partial charge in [-0.3, -0.25) is 19.5 Å². The lowest BCUT2D eigenvalue weighted by molar-refractivity contribution is -0.142. The molecule has 0 spiro atoms. The van der Waals surface area contributed by atoms with Crippen molar-refractivity contribution >= 4 is 11.8 Å². The molecule has 3 N–H and O–H groups in total. The number of aromatic nitrogens is 2. The predicted molar refractivity (Wildman–Crippen MR) is 131 cm³/mol. The molecule has 1 aromatic rings. The first kappa shape index (κ1) is 26.0. The van der Waals surface area contributed by atoms with E-state index < -0.39 is 6.10 Å². The second kappa shape index (κ2) is 11.3. The van der Waals surface area contributed by atoms with Crippen LogP contribution >= 0.6 is 0 Å². The normalized spacial score (nSPS) is 34.5. The maximum Gasteiger partial charge on any atom is 0.271 e. The van der Waals surface area contributed by atoms with E-state index in [0.717, 1.165) is 58.5 Å². The Morgan fingerprint density at radius 2 is 2.00 bits per heavy atom. The summed E-state index contributed by atoms with van der Waals surface area (Å²) in [7, 11) is 0. The monoisotopic (exact) mass is 487 g/mol. The first-order valence-electron chi connectivity index (χ1n) is 13.1. The van der Waals surface area contributed by atoms with E-state index in [1.165, 1.54) is 12.4 Å². The number of morpholine rings is 1. The van der Waals surface area contributed by atoms with Gasteiger partial charge < -0.3 is 20.5 Å². The lowest BCUT2D eigenvalue weighted by Gasteiger charge is -2.56. The Bertz CT molecular complexity index is 865. The first-order chi connectivity index (χ1) is 16.8. The molecule has 0 aromatic carbocycles. The quantitative estimate of drug-likeness (QED) is 0.533. The van der Waals surface area contributed by atoms with Crippen LogP contribution in [-0.2, 0) is 9.53 Å². The Morgan fingerprint density at radius 1 is 1.26 bits per heavy atom. The molecule has 1 aliphatic heterocycles. The lowest BCUT2D eigenvalue weighted by atomic mass is 9.51. The topological polar surface area (TPSA) is 117 Å². The van der Waals surface area contributed by atoms with Gasteiger partial charge in [0.15, 0.2) is 0 Å². The summed E-state index contributed by atoms with van der Waals surface area (Å²) in [5, 5.41) is 17.8. The number of ether oxygens (including phenoxy) is 1. The summed E-state index contributed by atoms with van der Waals surface area (Å²) in [6, 6.07) is -0.0476. The van der Waals surface area contributed by atoms with Crippen LogP contribution in [0.5, 0.6) is 0 Å². The van der Waals surface area contributed by atoms with E-state index in [-0.39, 0.29) is 46.9 Å². The highest BCUT2D eigenvalue weighted by Gasteiger charge is 2.53. The fourth-order valence-corrected chi connectivity index (χ4v) is 6.67. The molecular weight excluding hydrogens is 446 g/mol. The molecule has 9 heteroatoms. The van der Waals surface area contributed by atoms with Crippen molar-refractivity contribution in [2.24, 2.45) is 29.1 Å². The molecule has 1 unspecified atom stereocenters. The van der Waals surface area contributed by atoms with Crippen LogP contribution < -0.4 is 10.6 Å². The maximum absolute atomic E-state index is 13.0. The van der Waals surface area contributed by atoms with Crippen LogP contribution in [0, 0.1) is 29.1 Å². The zero-order valence-electron chi connectivity index (χ0n) is 21.3. The SMILES string of the molecule is C[C@H]1[C@@H]2[C@@H](O)C([C@H](C)C(=O)NCCN3CCOCC3)CC[C@@]2(C)CC[C@@H]1NC(=O)c1cnccn1. The van der Waals surface area contributed by atoms with E-state index >= 15 is 0 Å². The number of carbonyl (C=O) groups excluding carboxylic acids is 2. The van der Waals surface area contributed by atoms with Crippen LogP contribution in [0.1, 0.15) is 56.9 Å². The van der Waals surface area contributed by atoms with Gasteiger partial charge in [0.25, 0.3) is 5.91 Å². The van der Waals surface area contributed by atoms with E-state index in [4.69, 9.17) is 4.74 Å². The van der Waals surface area contributed by atoms with Crippen LogP contribution in [0.25, 0.3) is 0 Å². The Balaban J connectivity index is 1.36. The lowest BCUT2D eigenvalue weighted by Crippen LogP contribution is -2.58. The Hall–Kier alpha value is -2.10. The molecule has 4 rings (SSSR count). The van der Waals surface area contributed by atoms with E-state index in [9.17, 15) is 14.7 Å². The highest BCUT2D eigenvalue weighted by atomic mass is 16.5. The van der Waals surface area contributed by atoms with Crippen LogP contribution in [-0.4, -0.2) is 83.3 Å². The Labute approximate surface area is 208 Å². The van der Waals surface area contributed by atoms with Crippen LogP contribution in [0.15, 0.2) is 18.6 Å². The van der Waals surface area contributed by atoms with Crippen molar-refractivity contribution < 1.29 is 19.4 Å². The summed E-state index contributed by atoms with van der Waals surface area (Å²) >= 11 is 0. The van der Waals surface area contributed by atoms with Gasteiger partial charge in [0.05, 0.1) is 25.5 Å². The number of amides is 2. The summed E-state index contributed by atoms with van der Waals surface area (Å²) in [4.78, 5) is 36.1. The summed E-state index contributed by atoms with van der Waals surface area (Å²) in [5.41, 5.74) is 0.313. The molecule has 3 aliphatic rings. The summed E-state index contributed by atoms with van der Waals surface area (Å²) in [5.74, 6) is -0.459. The molecule has 0 bridgehead atoms. The fraction of sp³-hybridized carbons (Fsp3) is 0.769. The van der Waals surface area contributed by atoms with E-state index in [0.29, 0.717) is 12.2 Å². The molecule has 0 radical (unpaired) electrons. The number of aliphatic hydroxyl groups is 1. The smallest absolute Gasteiger partial charge is 0.271 e. The second-order valence-corrected chi connectivity index (χ2v) is 11.0. The summed E-state index contributed by atoms with van der Waals surface area (Å²) < 4.78 is 5.38. The molecule has 2 saturated carbocycles. The molecular formula is C26H41N5O4. The number of hydrogen-bond donors (Lipinski definition) is 3. The molecule has 2 amide bonds. The second-order valence-electron chi connectivity index (χ2n) is 11.0. The van der Waals surface area contributed by atoms with E-state index in [1.807, 2.05) is 6.92 Å². The molecule has 9 nitrogen and oxygen atoms in total. The van der Waals surface area contributed by atoms with Gasteiger partial charge in [-0.15, -0.1) is 0 Å². The zero-order chi connectivity index (χ0) is 25.0. The minimum absolute atomic E-state index is 0.00957. The average molecular weight is 488 g/mol. The van der Waals surface area contributed by atoms with Gasteiger partial charge in [-0.25, -0.2) is 4.98 Å². The van der Waals surface area contributed by atoms with Crippen molar-refractivity contribution in [1.29, 1.82) is 0 Å². The van der Waals surface area contributed by atoms with Crippen molar-refractivity contribution in [1.82, 2.24) is 25.5 Å². The largest absolute Gasteiger partial charge is 0.392 e. The number of nitrogens with zero attached hydrogens (tertiary/aromatic N) is 3. The number of carbonyl (C=O) groups is 2. The third-order valence-corrected chi connectivity index (χ3v) is 8.89. The highest BCUT2D eigenvalue weighted by molar-refractivity contribution is 5.92. The Kier molecular flexibility index (Phi) is 8.39. The van der Waals surface area contributed by atoms with E-state index in [2.05, 4.69) is 39.3 Å². The van der Waals surface area contributed by atoms with Crippen molar-refractivity contribution in [2.45, 2.75) is 58.6 Å². The predicted octanol–water partition coefficient (Wildman–Crippen LogP) is 1.48. The van der Waals surface area contributed by atoms with Crippen molar-refractivity contribution in [3.8, 4) is 0 Å². The number of aliphatic hydroxyl groups excluding tert-OH is 1. The van der Waals surface area contributed by atoms with Gasteiger partial charge >= 0.3 is 0 Å². The van der Waals surface area contributed by atoms with Crippen LogP contribution in [0.2, 0.25) is 0 Å². The van der Waals surface area contributed by atoms with Gasteiger partial charge in [-0.2, -0.15) is 0 Å². The van der Waals surface area contributed by atoms with E-state index in [1.54, 1.807) is 6.20 Å². The third-order valence-electron chi connectivity index (χ3n) is 8.89. The number of hydrogen-bond acceptors (Lipinski definition) is 7. The standard InChI is InChI=1S/C26H41N5O4/c1-17(24(33)29-10-11-31-12-14-35-15-13-31)19-4-6-26(3)7-5-20(18(2)22(26)23(19)32)30-25(34)21-16-27-8-9-28-21/h8-9,16-20,22-23,32H,4-7,10-15H2,1-3H3,(H,29,33)(H,30,34)/t17-,18+,19?,20-,22+,23-,26-/m0/s1. The maximum atomic E-state index is 13.0. The molecule has 1 aromatic heterocycles. The number of fused-ring (bicyclic) bond motifs is 1. The van der Waals surface area contributed by atoms with Crippen molar-refractivity contribution in [3.05, 3.63) is 24.3 Å². The summed E-state index contributed by atoms with van der Waals surface area (Å²) in [6.45, 7) is 11.1. The summed E-state index contributed by atoms with van der Waals surface area (Å²) in [6.07, 6.45) is 7.59. The molecule has 2 heterocycles. The molecule has 1 saturated heterocycles. The first-order valence-corrected chi connectivity index (χ1v) is 13.1. The average Bonchev–Trinajstić information content (AvgIpc) is 2.86. The zero-order valence-corrected chi connectivity index (χ0v) is 21.3. The molecule has 3 fully saturated rings. The molecule has 7 atom stereocenters. The highest BCUT2D eigenvalue weighted by Crippen LogP contribution is 2.55. The minimum atomic E-state index is -0.583. The van der Waals surface area contributed by atoms with Gasteiger partial charge in [0.1, 0.15) is 5.69 Å². The van der Waals surface area contributed by atoms with Crippen LogP contribution in [0.3, 0.4) is 0 Å². The van der Waals surface area contributed by atoms with Crippen molar-refractivity contribution in [3.63, 3.8) is 0 Å². The number of nitrogens with one attached hydrogen (secondary N) is 2. The minimum Gasteiger partial charge on any atom is -0.392 e. The van der Waals surface area contributed by atoms with Gasteiger partial charge in [-0.1, -0.05) is 20.8 Å². The Morgan fingerprint density at radius 3 is 2.71 bits per heavy atom. The van der Waals surface area contributed by atoms with Gasteiger partial charge in [0.2, 0.25) is 5.91 Å². The number of rotatable bonds is 7. The van der Waals surface area contributed by atoms with Crippen LogP contribution in [0.4, 0.5) is 0 Å². The molecule has 2 aliphatic carbocycles. The molecule has 35 heavy (non-hydrogen) atoms. The fourth-order valence-electron chi connectivity index (χ4n) is 6.67. The van der Waals surface area contributed by atoms with Gasteiger partial charge in [-0.05, 0) is 48.9 Å².